The van der Waals surface area contributed by atoms with Crippen molar-refractivity contribution in [3.63, 3.8) is 0 Å². The van der Waals surface area contributed by atoms with Crippen LogP contribution in [0, 0.1) is 0 Å². The molecule has 35 heavy (non-hydrogen) atoms. The minimum atomic E-state index is -0.327. The molecule has 0 aliphatic carbocycles. The van der Waals surface area contributed by atoms with E-state index in [1.807, 2.05) is 23.1 Å². The predicted molar refractivity (Wildman–Crippen MR) is 140 cm³/mol. The van der Waals surface area contributed by atoms with E-state index in [1.165, 1.54) is 4.90 Å². The Balaban J connectivity index is 1.35. The number of carbonyl (C=O) groups excluding carboxylic acids is 3. The van der Waals surface area contributed by atoms with Gasteiger partial charge in [-0.15, -0.1) is 0 Å². The summed E-state index contributed by atoms with van der Waals surface area (Å²) in [6.45, 7) is 5.38. The molecule has 0 radical (unpaired) electrons. The van der Waals surface area contributed by atoms with Gasteiger partial charge in [-0.3, -0.25) is 24.2 Å². The van der Waals surface area contributed by atoms with Gasteiger partial charge in [0.2, 0.25) is 0 Å². The highest BCUT2D eigenvalue weighted by Gasteiger charge is 2.35. The lowest BCUT2D eigenvalue weighted by atomic mass is 10.1. The largest absolute Gasteiger partial charge is 0.336 e. The van der Waals surface area contributed by atoms with Crippen molar-refractivity contribution in [3.8, 4) is 0 Å². The molecule has 3 amide bonds. The molecule has 2 aromatic rings. The Hall–Kier alpha value is -2.65. The molecule has 2 saturated heterocycles. The minimum absolute atomic E-state index is 0.0191. The van der Waals surface area contributed by atoms with Crippen LogP contribution >= 0.6 is 23.4 Å². The van der Waals surface area contributed by atoms with E-state index in [-0.39, 0.29) is 23.6 Å². The van der Waals surface area contributed by atoms with Gasteiger partial charge in [-0.05, 0) is 67.3 Å². The molecule has 2 fully saturated rings. The number of amides is 3. The number of hydrogen-bond acceptors (Lipinski definition) is 6. The number of benzene rings is 2. The van der Waals surface area contributed by atoms with Crippen LogP contribution in [0.3, 0.4) is 0 Å². The lowest BCUT2D eigenvalue weighted by molar-refractivity contribution is -0.123. The number of carbonyl (C=O) groups is 3. The minimum Gasteiger partial charge on any atom is -0.336 e. The van der Waals surface area contributed by atoms with Crippen LogP contribution in [0.15, 0.2) is 53.4 Å². The Kier molecular flexibility index (Phi) is 8.28. The smallest absolute Gasteiger partial charge is 0.293 e. The van der Waals surface area contributed by atoms with E-state index in [2.05, 4.69) is 23.9 Å². The average molecular weight is 513 g/mol. The number of thioether (sulfide) groups is 1. The standard InChI is InChI=1S/C26H29ClN4O3S/c1-28(2)10-11-29-12-14-30(15-13-29)24(32)21-8-6-19(7-9-21)17-23-25(33)31(26(34)35-23)18-20-4-3-5-22(27)16-20/h3-9,16-17H,10-15,18H2,1-2H3/b23-17-. The summed E-state index contributed by atoms with van der Waals surface area (Å²) in [5.74, 6) is -0.307. The Labute approximate surface area is 215 Å². The molecule has 2 aromatic carbocycles. The van der Waals surface area contributed by atoms with Gasteiger partial charge in [-0.25, -0.2) is 0 Å². The van der Waals surface area contributed by atoms with Gasteiger partial charge in [0.05, 0.1) is 11.4 Å². The van der Waals surface area contributed by atoms with Crippen LogP contribution in [0.2, 0.25) is 5.02 Å². The fourth-order valence-electron chi connectivity index (χ4n) is 4.03. The van der Waals surface area contributed by atoms with Crippen LogP contribution in [0.25, 0.3) is 6.08 Å². The highest BCUT2D eigenvalue weighted by Crippen LogP contribution is 2.33. The summed E-state index contributed by atoms with van der Waals surface area (Å²) in [6.07, 6.45) is 1.70. The second-order valence-corrected chi connectivity index (χ2v) is 10.4. The SMILES string of the molecule is CN(C)CCN1CCN(C(=O)c2ccc(/C=C3\SC(=O)N(Cc4cccc(Cl)c4)C3=O)cc2)CC1. The molecule has 7 nitrogen and oxygen atoms in total. The van der Waals surface area contributed by atoms with Crippen molar-refractivity contribution in [2.75, 3.05) is 53.4 Å². The molecule has 184 valence electrons. The van der Waals surface area contributed by atoms with Gasteiger partial charge < -0.3 is 9.80 Å². The fourth-order valence-corrected chi connectivity index (χ4v) is 5.08. The van der Waals surface area contributed by atoms with Crippen molar-refractivity contribution >= 4 is 46.5 Å². The maximum atomic E-state index is 12.9. The zero-order chi connectivity index (χ0) is 24.9. The molecular weight excluding hydrogens is 484 g/mol. The summed E-state index contributed by atoms with van der Waals surface area (Å²) in [6, 6.07) is 14.3. The third-order valence-electron chi connectivity index (χ3n) is 6.08. The first-order chi connectivity index (χ1) is 16.8. The summed E-state index contributed by atoms with van der Waals surface area (Å²) >= 11 is 6.94. The van der Waals surface area contributed by atoms with Gasteiger partial charge in [0.1, 0.15) is 0 Å². The van der Waals surface area contributed by atoms with Crippen LogP contribution in [0.4, 0.5) is 4.79 Å². The Morgan fingerprint density at radius 2 is 1.77 bits per heavy atom. The Bertz CT molecular complexity index is 1130. The maximum absolute atomic E-state index is 12.9. The zero-order valence-corrected chi connectivity index (χ0v) is 21.5. The highest BCUT2D eigenvalue weighted by molar-refractivity contribution is 8.18. The van der Waals surface area contributed by atoms with Crippen LogP contribution in [0.1, 0.15) is 21.5 Å². The molecule has 9 heteroatoms. The van der Waals surface area contributed by atoms with Crippen LogP contribution < -0.4 is 0 Å². The molecule has 0 unspecified atom stereocenters. The molecule has 2 aliphatic rings. The van der Waals surface area contributed by atoms with Gasteiger partial charge in [0.25, 0.3) is 17.1 Å². The van der Waals surface area contributed by atoms with E-state index < -0.39 is 0 Å². The number of nitrogens with zero attached hydrogens (tertiary/aromatic N) is 4. The average Bonchev–Trinajstić information content (AvgIpc) is 3.10. The first-order valence-corrected chi connectivity index (χ1v) is 12.8. The number of likely N-dealkylation sites (N-methyl/N-ethyl adjacent to an activating group) is 1. The number of imide groups is 1. The van der Waals surface area contributed by atoms with Crippen LogP contribution in [-0.2, 0) is 11.3 Å². The van der Waals surface area contributed by atoms with Crippen molar-refractivity contribution in [3.05, 3.63) is 75.1 Å². The predicted octanol–water partition coefficient (Wildman–Crippen LogP) is 3.90. The molecule has 0 saturated carbocycles. The van der Waals surface area contributed by atoms with E-state index >= 15 is 0 Å². The fraction of sp³-hybridized carbons (Fsp3) is 0.346. The van der Waals surface area contributed by atoms with Gasteiger partial charge in [-0.2, -0.15) is 0 Å². The molecule has 0 N–H and O–H groups in total. The number of halogens is 1. The molecule has 4 rings (SSSR count). The normalized spacial score (nSPS) is 18.2. The molecule has 2 aliphatic heterocycles. The third-order valence-corrected chi connectivity index (χ3v) is 7.22. The third kappa shape index (κ3) is 6.52. The summed E-state index contributed by atoms with van der Waals surface area (Å²) in [7, 11) is 4.13. The quantitative estimate of drug-likeness (QED) is 0.524. The van der Waals surface area contributed by atoms with Crippen molar-refractivity contribution in [1.82, 2.24) is 19.6 Å². The van der Waals surface area contributed by atoms with Crippen LogP contribution in [-0.4, -0.2) is 90.0 Å². The lowest BCUT2D eigenvalue weighted by Crippen LogP contribution is -2.49. The first kappa shape index (κ1) is 25.4. The molecule has 2 heterocycles. The zero-order valence-electron chi connectivity index (χ0n) is 19.9. The first-order valence-electron chi connectivity index (χ1n) is 11.6. The van der Waals surface area contributed by atoms with Crippen LogP contribution in [0.5, 0.6) is 0 Å². The van der Waals surface area contributed by atoms with Gasteiger partial charge in [-0.1, -0.05) is 35.9 Å². The summed E-state index contributed by atoms with van der Waals surface area (Å²) in [5.41, 5.74) is 2.18. The van der Waals surface area contributed by atoms with E-state index in [4.69, 9.17) is 11.6 Å². The number of piperazine rings is 1. The molecule has 0 aromatic heterocycles. The van der Waals surface area contributed by atoms with Gasteiger partial charge in [0, 0.05) is 49.9 Å². The maximum Gasteiger partial charge on any atom is 0.293 e. The van der Waals surface area contributed by atoms with Gasteiger partial charge in [0.15, 0.2) is 0 Å². The summed E-state index contributed by atoms with van der Waals surface area (Å²) < 4.78 is 0. The second-order valence-electron chi connectivity index (χ2n) is 8.96. The summed E-state index contributed by atoms with van der Waals surface area (Å²) in [5, 5.41) is 0.253. The Morgan fingerprint density at radius 3 is 2.43 bits per heavy atom. The number of hydrogen-bond donors (Lipinski definition) is 0. The lowest BCUT2D eigenvalue weighted by Gasteiger charge is -2.35. The number of rotatable bonds is 7. The molecular formula is C26H29ClN4O3S. The summed E-state index contributed by atoms with van der Waals surface area (Å²) in [4.78, 5) is 46.2. The topological polar surface area (TPSA) is 64.2 Å². The van der Waals surface area contributed by atoms with Crippen molar-refractivity contribution in [1.29, 1.82) is 0 Å². The van der Waals surface area contributed by atoms with E-state index in [0.717, 1.165) is 49.1 Å². The molecule has 0 spiro atoms. The van der Waals surface area contributed by atoms with E-state index in [0.29, 0.717) is 28.6 Å². The Morgan fingerprint density at radius 1 is 1.06 bits per heavy atom. The van der Waals surface area contributed by atoms with Gasteiger partial charge >= 0.3 is 0 Å². The van der Waals surface area contributed by atoms with E-state index in [1.54, 1.807) is 36.4 Å². The highest BCUT2D eigenvalue weighted by atomic mass is 35.5. The molecule has 0 bridgehead atoms. The van der Waals surface area contributed by atoms with E-state index in [9.17, 15) is 14.4 Å². The monoisotopic (exact) mass is 512 g/mol. The second kappa shape index (κ2) is 11.4. The molecule has 0 atom stereocenters. The van der Waals surface area contributed by atoms with Crippen molar-refractivity contribution in [2.45, 2.75) is 6.54 Å². The van der Waals surface area contributed by atoms with Crippen molar-refractivity contribution in [2.24, 2.45) is 0 Å². The van der Waals surface area contributed by atoms with Crippen molar-refractivity contribution < 1.29 is 14.4 Å².